The van der Waals surface area contributed by atoms with Crippen LogP contribution >= 0.6 is 0 Å². The smallest absolute Gasteiger partial charge is 0.0122 e. The van der Waals surface area contributed by atoms with Gasteiger partial charge in [0.05, 0.1) is 0 Å². The molecule has 3 fully saturated rings. The molecule has 15 heavy (non-hydrogen) atoms. The quantitative estimate of drug-likeness (QED) is 0.771. The van der Waals surface area contributed by atoms with Crippen LogP contribution in [0.5, 0.6) is 0 Å². The van der Waals surface area contributed by atoms with E-state index in [0.717, 1.165) is 11.8 Å². The van der Waals surface area contributed by atoms with Crippen LogP contribution in [0.4, 0.5) is 0 Å². The molecule has 2 atom stereocenters. The minimum Gasteiger partial charge on any atom is -0.316 e. The van der Waals surface area contributed by atoms with Crippen LogP contribution < -0.4 is 5.32 Å². The van der Waals surface area contributed by atoms with Gasteiger partial charge >= 0.3 is 0 Å². The van der Waals surface area contributed by atoms with E-state index >= 15 is 0 Å². The summed E-state index contributed by atoms with van der Waals surface area (Å²) in [5, 5.41) is 3.53. The van der Waals surface area contributed by atoms with Crippen LogP contribution in [0.25, 0.3) is 0 Å². The number of hydrogen-bond donors (Lipinski definition) is 1. The van der Waals surface area contributed by atoms with Gasteiger partial charge in [0.1, 0.15) is 0 Å². The van der Waals surface area contributed by atoms with Crippen molar-refractivity contribution >= 4 is 0 Å². The molecule has 1 nitrogen and oxygen atoms in total. The summed E-state index contributed by atoms with van der Waals surface area (Å²) in [6.07, 6.45) is 4.25. The van der Waals surface area contributed by atoms with E-state index in [1.165, 1.54) is 32.4 Å². The fraction of sp³-hybridized carbons (Fsp3) is 0.571. The van der Waals surface area contributed by atoms with Crippen LogP contribution in [0.15, 0.2) is 24.3 Å². The summed E-state index contributed by atoms with van der Waals surface area (Å²) in [5.41, 5.74) is 3.76. The highest BCUT2D eigenvalue weighted by atomic mass is 15.0. The Hall–Kier alpha value is -0.820. The number of nitrogens with one attached hydrogen (secondary N) is 1. The molecule has 1 N–H and O–H groups in total. The van der Waals surface area contributed by atoms with Crippen LogP contribution in [0.3, 0.4) is 0 Å². The first-order valence-corrected chi connectivity index (χ1v) is 6.20. The SMILES string of the molecule is c1cc(C2CC2)cc(C23CNCC2C3)c1. The highest BCUT2D eigenvalue weighted by Crippen LogP contribution is 2.57. The summed E-state index contributed by atoms with van der Waals surface area (Å²) < 4.78 is 0. The van der Waals surface area contributed by atoms with Gasteiger partial charge < -0.3 is 5.32 Å². The van der Waals surface area contributed by atoms with Gasteiger partial charge in [0, 0.05) is 12.0 Å². The third kappa shape index (κ3) is 1.13. The average molecular weight is 199 g/mol. The second-order valence-corrected chi connectivity index (χ2v) is 5.59. The Morgan fingerprint density at radius 3 is 2.87 bits per heavy atom. The maximum Gasteiger partial charge on any atom is 0.0122 e. The molecule has 1 heteroatoms. The predicted molar refractivity (Wildman–Crippen MR) is 61.1 cm³/mol. The van der Waals surface area contributed by atoms with Gasteiger partial charge in [-0.25, -0.2) is 0 Å². The second-order valence-electron chi connectivity index (χ2n) is 5.59. The zero-order valence-electron chi connectivity index (χ0n) is 9.00. The van der Waals surface area contributed by atoms with Crippen molar-refractivity contribution in [3.8, 4) is 0 Å². The zero-order chi connectivity index (χ0) is 9.88. The molecule has 0 spiro atoms. The van der Waals surface area contributed by atoms with Crippen molar-refractivity contribution in [2.24, 2.45) is 5.92 Å². The molecule has 0 radical (unpaired) electrons. The molecule has 2 unspecified atom stereocenters. The van der Waals surface area contributed by atoms with E-state index in [4.69, 9.17) is 0 Å². The zero-order valence-corrected chi connectivity index (χ0v) is 9.00. The van der Waals surface area contributed by atoms with E-state index in [9.17, 15) is 0 Å². The van der Waals surface area contributed by atoms with E-state index in [-0.39, 0.29) is 0 Å². The summed E-state index contributed by atoms with van der Waals surface area (Å²) in [4.78, 5) is 0. The fourth-order valence-corrected chi connectivity index (χ4v) is 3.31. The lowest BCUT2D eigenvalue weighted by molar-refractivity contribution is 0.674. The standard InChI is InChI=1S/C14H17N/c1-2-11(10-4-5-10)6-12(3-1)14-7-13(14)8-15-9-14/h1-3,6,10,13,15H,4-5,7-9H2. The van der Waals surface area contributed by atoms with Crippen LogP contribution in [0.2, 0.25) is 0 Å². The Labute approximate surface area is 90.9 Å². The Morgan fingerprint density at radius 1 is 1.27 bits per heavy atom. The highest BCUT2D eigenvalue weighted by Gasteiger charge is 2.58. The van der Waals surface area contributed by atoms with E-state index in [0.29, 0.717) is 5.41 Å². The molecule has 1 aromatic rings. The summed E-state index contributed by atoms with van der Waals surface area (Å²) in [6, 6.07) is 9.42. The predicted octanol–water partition coefficient (Wildman–Crippen LogP) is 2.42. The van der Waals surface area contributed by atoms with Crippen molar-refractivity contribution in [1.29, 1.82) is 0 Å². The summed E-state index contributed by atoms with van der Waals surface area (Å²) in [5.74, 6) is 1.83. The number of fused-ring (bicyclic) bond motifs is 1. The van der Waals surface area contributed by atoms with E-state index in [2.05, 4.69) is 29.6 Å². The van der Waals surface area contributed by atoms with E-state index in [1.807, 2.05) is 0 Å². The largest absolute Gasteiger partial charge is 0.316 e. The van der Waals surface area contributed by atoms with Crippen molar-refractivity contribution in [1.82, 2.24) is 5.32 Å². The first-order chi connectivity index (χ1) is 7.38. The number of rotatable bonds is 2. The monoisotopic (exact) mass is 199 g/mol. The molecule has 1 heterocycles. The highest BCUT2D eigenvalue weighted by molar-refractivity contribution is 5.40. The topological polar surface area (TPSA) is 12.0 Å². The van der Waals surface area contributed by atoms with Crippen molar-refractivity contribution in [2.45, 2.75) is 30.6 Å². The van der Waals surface area contributed by atoms with Crippen molar-refractivity contribution in [3.63, 3.8) is 0 Å². The van der Waals surface area contributed by atoms with Crippen molar-refractivity contribution < 1.29 is 0 Å². The Balaban J connectivity index is 1.73. The molecule has 0 amide bonds. The first kappa shape index (κ1) is 8.35. The Kier molecular flexibility index (Phi) is 1.47. The molecule has 0 aromatic heterocycles. The summed E-state index contributed by atoms with van der Waals surface area (Å²) >= 11 is 0. The molecular weight excluding hydrogens is 182 g/mol. The molecular formula is C14H17N. The molecule has 2 aliphatic carbocycles. The lowest BCUT2D eigenvalue weighted by atomic mass is 9.93. The lowest BCUT2D eigenvalue weighted by Crippen LogP contribution is -2.19. The number of benzene rings is 1. The molecule has 3 aliphatic rings. The van der Waals surface area contributed by atoms with Gasteiger partial charge in [0.25, 0.3) is 0 Å². The second kappa shape index (κ2) is 2.65. The fourth-order valence-electron chi connectivity index (χ4n) is 3.31. The molecule has 4 rings (SSSR count). The summed E-state index contributed by atoms with van der Waals surface area (Å²) in [7, 11) is 0. The summed E-state index contributed by atoms with van der Waals surface area (Å²) in [6.45, 7) is 2.46. The van der Waals surface area contributed by atoms with E-state index < -0.39 is 0 Å². The van der Waals surface area contributed by atoms with Crippen LogP contribution in [-0.2, 0) is 5.41 Å². The van der Waals surface area contributed by atoms with Crippen LogP contribution in [0.1, 0.15) is 36.3 Å². The minimum absolute atomic E-state index is 0.547. The third-order valence-corrected chi connectivity index (χ3v) is 4.57. The van der Waals surface area contributed by atoms with E-state index in [1.54, 1.807) is 11.1 Å². The molecule has 1 saturated heterocycles. The normalized spacial score (nSPS) is 37.7. The molecule has 78 valence electrons. The first-order valence-electron chi connectivity index (χ1n) is 6.20. The van der Waals surface area contributed by atoms with Crippen LogP contribution in [-0.4, -0.2) is 13.1 Å². The van der Waals surface area contributed by atoms with Crippen molar-refractivity contribution in [3.05, 3.63) is 35.4 Å². The van der Waals surface area contributed by atoms with Gasteiger partial charge in [-0.2, -0.15) is 0 Å². The minimum atomic E-state index is 0.547. The molecule has 0 bridgehead atoms. The van der Waals surface area contributed by atoms with Crippen LogP contribution in [0, 0.1) is 5.92 Å². The van der Waals surface area contributed by atoms with Gasteiger partial charge in [-0.3, -0.25) is 0 Å². The molecule has 1 aliphatic heterocycles. The van der Waals surface area contributed by atoms with Gasteiger partial charge in [0.15, 0.2) is 0 Å². The maximum absolute atomic E-state index is 3.53. The van der Waals surface area contributed by atoms with Gasteiger partial charge in [-0.15, -0.1) is 0 Å². The average Bonchev–Trinajstić information content (AvgIpc) is 3.19. The Bertz CT molecular complexity index is 408. The molecule has 2 saturated carbocycles. The maximum atomic E-state index is 3.53. The van der Waals surface area contributed by atoms with Crippen molar-refractivity contribution in [2.75, 3.05) is 13.1 Å². The van der Waals surface area contributed by atoms with Gasteiger partial charge in [-0.1, -0.05) is 24.3 Å². The van der Waals surface area contributed by atoms with Gasteiger partial charge in [0.2, 0.25) is 0 Å². The number of hydrogen-bond acceptors (Lipinski definition) is 1. The Morgan fingerprint density at radius 2 is 2.20 bits per heavy atom. The lowest BCUT2D eigenvalue weighted by Gasteiger charge is -2.13. The van der Waals surface area contributed by atoms with Gasteiger partial charge in [-0.05, 0) is 48.8 Å². The number of piperidine rings is 1. The molecule has 1 aromatic carbocycles. The third-order valence-electron chi connectivity index (χ3n) is 4.57.